The Morgan fingerprint density at radius 1 is 0.596 bits per heavy atom. The van der Waals surface area contributed by atoms with Gasteiger partial charge in [0.25, 0.3) is 0 Å². The minimum absolute atomic E-state index is 0.0806. The van der Waals surface area contributed by atoms with Crippen LogP contribution < -0.4 is 10.4 Å². The van der Waals surface area contributed by atoms with Gasteiger partial charge in [0.2, 0.25) is 0 Å². The molecule has 0 radical (unpaired) electrons. The molecule has 2 aliphatic rings. The summed E-state index contributed by atoms with van der Waals surface area (Å²) in [5.41, 5.74) is 18.8. The van der Waals surface area contributed by atoms with E-state index in [-0.39, 0.29) is 10.8 Å². The molecule has 234 valence electrons. The number of hydrogen-bond donors (Lipinski definition) is 0. The van der Waals surface area contributed by atoms with E-state index in [2.05, 4.69) is 177 Å². The van der Waals surface area contributed by atoms with Crippen molar-refractivity contribution in [2.45, 2.75) is 72.6 Å². The van der Waals surface area contributed by atoms with Crippen LogP contribution in [0.15, 0.2) is 115 Å². The summed E-state index contributed by atoms with van der Waals surface area (Å²) in [6, 6.07) is 38.4. The van der Waals surface area contributed by atoms with Gasteiger partial charge in [0.05, 0.1) is 0 Å². The zero-order valence-corrected chi connectivity index (χ0v) is 29.3. The predicted octanol–water partition coefficient (Wildman–Crippen LogP) is 10.8. The molecule has 47 heavy (non-hydrogen) atoms. The summed E-state index contributed by atoms with van der Waals surface area (Å²) in [5.74, 6) is 0. The molecule has 0 fully saturated rings. The van der Waals surface area contributed by atoms with Crippen molar-refractivity contribution in [1.29, 1.82) is 0 Å². The van der Waals surface area contributed by atoms with Gasteiger partial charge < -0.3 is 0 Å². The molecule has 0 atom stereocenters. The second-order valence-electron chi connectivity index (χ2n) is 15.5. The van der Waals surface area contributed by atoms with Crippen LogP contribution in [0.3, 0.4) is 0 Å². The lowest BCUT2D eigenvalue weighted by Gasteiger charge is -2.28. The SMILES string of the molecule is Cc1cccc(C)c1C1=C(c2c(C(C)(C)C)c(=C(c3ccccc3)c3ccccc3)cc3c2=Cc2cc(C(C)(C)C)ccc2-3)CC=C1. The average Bonchev–Trinajstić information content (AvgIpc) is 3.65. The Kier molecular flexibility index (Phi) is 7.59. The monoisotopic (exact) mass is 610 g/mol. The smallest absolute Gasteiger partial charge is 0.00354 e. The number of benzene rings is 5. The van der Waals surface area contributed by atoms with E-state index in [1.54, 1.807) is 0 Å². The third-order valence-corrected chi connectivity index (χ3v) is 10.0. The van der Waals surface area contributed by atoms with Gasteiger partial charge in [0.1, 0.15) is 0 Å². The Morgan fingerprint density at radius 3 is 1.79 bits per heavy atom. The third kappa shape index (κ3) is 5.44. The van der Waals surface area contributed by atoms with E-state index in [1.807, 2.05) is 0 Å². The van der Waals surface area contributed by atoms with Gasteiger partial charge in [0, 0.05) is 0 Å². The first kappa shape index (κ1) is 30.9. The van der Waals surface area contributed by atoms with E-state index in [1.165, 1.54) is 88.4 Å². The van der Waals surface area contributed by atoms with E-state index in [0.29, 0.717) is 0 Å². The Balaban J connectivity index is 1.72. The fraction of sp³-hybridized carbons (Fsp3) is 0.234. The van der Waals surface area contributed by atoms with E-state index in [4.69, 9.17) is 0 Å². The highest BCUT2D eigenvalue weighted by atomic mass is 14.3. The number of fused-ring (bicyclic) bond motifs is 3. The van der Waals surface area contributed by atoms with E-state index >= 15 is 0 Å². The molecule has 0 nitrogen and oxygen atoms in total. The summed E-state index contributed by atoms with van der Waals surface area (Å²) < 4.78 is 0. The first-order chi connectivity index (χ1) is 22.4. The molecule has 0 unspecified atom stereocenters. The molecule has 0 aliphatic heterocycles. The van der Waals surface area contributed by atoms with Gasteiger partial charge in [-0.2, -0.15) is 0 Å². The summed E-state index contributed by atoms with van der Waals surface area (Å²) in [5, 5.41) is 2.69. The lowest BCUT2D eigenvalue weighted by Crippen LogP contribution is -2.32. The fourth-order valence-corrected chi connectivity index (χ4v) is 7.81. The summed E-state index contributed by atoms with van der Waals surface area (Å²) >= 11 is 0. The number of allylic oxidation sites excluding steroid dienone is 4. The molecule has 7 rings (SSSR count). The van der Waals surface area contributed by atoms with Crippen molar-refractivity contribution < 1.29 is 0 Å². The molecule has 0 heterocycles. The van der Waals surface area contributed by atoms with Crippen molar-refractivity contribution in [3.8, 4) is 11.1 Å². The standard InChI is InChI=1S/C47H46/c1-30-17-15-18-31(2)42(30)37-23-16-24-38(37)44-40-28-34-27-35(46(3,4)5)25-26-36(34)39(40)29-41(45(44)47(6,7)8)43(32-19-11-9-12-20-32)33-21-13-10-14-22-33/h9-23,25-29H,24H2,1-8H3. The van der Waals surface area contributed by atoms with Crippen LogP contribution in [0.1, 0.15) is 98.0 Å². The van der Waals surface area contributed by atoms with Crippen molar-refractivity contribution in [2.75, 3.05) is 0 Å². The van der Waals surface area contributed by atoms with Crippen LogP contribution in [-0.2, 0) is 10.8 Å². The Labute approximate surface area is 281 Å². The maximum absolute atomic E-state index is 2.52. The molecule has 0 aromatic heterocycles. The third-order valence-electron chi connectivity index (χ3n) is 10.0. The molecule has 0 heteroatoms. The van der Waals surface area contributed by atoms with Crippen LogP contribution in [0.5, 0.6) is 0 Å². The minimum Gasteiger partial charge on any atom is -0.0795 e. The fourth-order valence-electron chi connectivity index (χ4n) is 7.81. The van der Waals surface area contributed by atoms with Gasteiger partial charge >= 0.3 is 0 Å². The second-order valence-corrected chi connectivity index (χ2v) is 15.5. The normalized spacial score (nSPS) is 13.9. The van der Waals surface area contributed by atoms with Crippen LogP contribution in [0.25, 0.3) is 33.9 Å². The highest BCUT2D eigenvalue weighted by Crippen LogP contribution is 2.42. The van der Waals surface area contributed by atoms with Crippen molar-refractivity contribution in [1.82, 2.24) is 0 Å². The molecule has 0 spiro atoms. The van der Waals surface area contributed by atoms with Gasteiger partial charge in [-0.1, -0.05) is 151 Å². The van der Waals surface area contributed by atoms with Crippen LogP contribution in [0.2, 0.25) is 0 Å². The van der Waals surface area contributed by atoms with E-state index in [9.17, 15) is 0 Å². The van der Waals surface area contributed by atoms with Crippen LogP contribution in [0, 0.1) is 13.8 Å². The van der Waals surface area contributed by atoms with E-state index in [0.717, 1.165) is 6.42 Å². The largest absolute Gasteiger partial charge is 0.0795 e. The molecule has 0 bridgehead atoms. The number of hydrogen-bond acceptors (Lipinski definition) is 0. The van der Waals surface area contributed by atoms with Gasteiger partial charge in [-0.05, 0) is 132 Å². The molecule has 0 N–H and O–H groups in total. The molecular formula is C47H46. The number of aryl methyl sites for hydroxylation is 2. The van der Waals surface area contributed by atoms with Crippen molar-refractivity contribution >= 4 is 22.8 Å². The first-order valence-corrected chi connectivity index (χ1v) is 17.1. The molecule has 0 amide bonds. The van der Waals surface area contributed by atoms with Gasteiger partial charge in [0.15, 0.2) is 0 Å². The van der Waals surface area contributed by atoms with Crippen molar-refractivity contribution in [3.05, 3.63) is 176 Å². The highest BCUT2D eigenvalue weighted by Gasteiger charge is 2.31. The Bertz CT molecular complexity index is 2150. The quantitative estimate of drug-likeness (QED) is 0.186. The summed E-state index contributed by atoms with van der Waals surface area (Å²) in [6.07, 6.45) is 8.17. The predicted molar refractivity (Wildman–Crippen MR) is 203 cm³/mol. The number of rotatable bonds is 4. The molecule has 2 aliphatic carbocycles. The lowest BCUT2D eigenvalue weighted by atomic mass is 9.75. The molecule has 5 aromatic carbocycles. The second kappa shape index (κ2) is 11.5. The van der Waals surface area contributed by atoms with Gasteiger partial charge in [-0.3, -0.25) is 0 Å². The summed E-state index contributed by atoms with van der Waals surface area (Å²) in [7, 11) is 0. The topological polar surface area (TPSA) is 0 Å². The molecular weight excluding hydrogens is 565 g/mol. The lowest BCUT2D eigenvalue weighted by molar-refractivity contribution is 0.583. The highest BCUT2D eigenvalue weighted by molar-refractivity contribution is 6.03. The minimum atomic E-state index is -0.130. The van der Waals surface area contributed by atoms with Crippen LogP contribution >= 0.6 is 0 Å². The van der Waals surface area contributed by atoms with Crippen molar-refractivity contribution in [3.63, 3.8) is 0 Å². The maximum Gasteiger partial charge on any atom is -0.00354 e. The van der Waals surface area contributed by atoms with Gasteiger partial charge in [-0.15, -0.1) is 0 Å². The Morgan fingerprint density at radius 2 is 1.21 bits per heavy atom. The molecule has 5 aromatic rings. The average molecular weight is 611 g/mol. The summed E-state index contributed by atoms with van der Waals surface area (Å²) in [4.78, 5) is 0. The van der Waals surface area contributed by atoms with E-state index < -0.39 is 0 Å². The zero-order valence-electron chi connectivity index (χ0n) is 29.3. The molecule has 0 saturated carbocycles. The van der Waals surface area contributed by atoms with Crippen LogP contribution in [0.4, 0.5) is 0 Å². The maximum atomic E-state index is 2.52. The van der Waals surface area contributed by atoms with Gasteiger partial charge in [-0.25, -0.2) is 0 Å². The zero-order chi connectivity index (χ0) is 33.1. The Hall–Kier alpha value is -4.68. The summed E-state index contributed by atoms with van der Waals surface area (Å²) in [6.45, 7) is 18.7. The van der Waals surface area contributed by atoms with Crippen molar-refractivity contribution in [2.24, 2.45) is 0 Å². The molecule has 0 saturated heterocycles. The van der Waals surface area contributed by atoms with Crippen LogP contribution in [-0.4, -0.2) is 0 Å². The first-order valence-electron chi connectivity index (χ1n) is 17.1.